The topological polar surface area (TPSA) is 66.9 Å². The van der Waals surface area contributed by atoms with Gasteiger partial charge < -0.3 is 10.6 Å². The highest BCUT2D eigenvalue weighted by molar-refractivity contribution is 6.02. The van der Waals surface area contributed by atoms with E-state index in [1.807, 2.05) is 0 Å². The summed E-state index contributed by atoms with van der Waals surface area (Å²) in [5, 5.41) is 5.32. The van der Waals surface area contributed by atoms with Gasteiger partial charge in [-0.15, -0.1) is 0 Å². The van der Waals surface area contributed by atoms with Gasteiger partial charge in [0.2, 0.25) is 0 Å². The molecule has 92 valence electrons. The van der Waals surface area contributed by atoms with Crippen LogP contribution in [0, 0.1) is 5.82 Å². The van der Waals surface area contributed by atoms with Crippen LogP contribution in [0.2, 0.25) is 0 Å². The van der Waals surface area contributed by atoms with Crippen molar-refractivity contribution in [1.82, 2.24) is 9.97 Å². The van der Waals surface area contributed by atoms with E-state index in [2.05, 4.69) is 20.6 Å². The number of hydrogen-bond donors (Lipinski definition) is 2. The van der Waals surface area contributed by atoms with E-state index < -0.39 is 11.7 Å². The molecule has 0 saturated heterocycles. The minimum Gasteiger partial charge on any atom is -0.372 e. The second-order valence-electron chi connectivity index (χ2n) is 3.50. The number of benzene rings is 1. The van der Waals surface area contributed by atoms with E-state index >= 15 is 0 Å². The quantitative estimate of drug-likeness (QED) is 0.868. The molecule has 0 radical (unpaired) electrons. The number of carbonyl (C=O) groups is 1. The van der Waals surface area contributed by atoms with E-state index in [1.54, 1.807) is 13.1 Å². The SMILES string of the molecule is CNc1cncc(C(=O)Nc2cccc(F)c2)n1. The molecule has 0 aliphatic heterocycles. The first-order valence-electron chi connectivity index (χ1n) is 5.26. The van der Waals surface area contributed by atoms with Gasteiger partial charge in [-0.3, -0.25) is 9.78 Å². The third kappa shape index (κ3) is 2.79. The molecule has 0 atom stereocenters. The number of carbonyl (C=O) groups excluding carboxylic acids is 1. The maximum Gasteiger partial charge on any atom is 0.275 e. The maximum atomic E-state index is 12.9. The number of hydrogen-bond acceptors (Lipinski definition) is 4. The minimum absolute atomic E-state index is 0.158. The molecule has 0 spiro atoms. The molecule has 0 fully saturated rings. The van der Waals surface area contributed by atoms with Crippen molar-refractivity contribution in [1.29, 1.82) is 0 Å². The summed E-state index contributed by atoms with van der Waals surface area (Å²) in [6.45, 7) is 0. The number of halogens is 1. The van der Waals surface area contributed by atoms with Gasteiger partial charge in [0.1, 0.15) is 17.3 Å². The summed E-state index contributed by atoms with van der Waals surface area (Å²) >= 11 is 0. The van der Waals surface area contributed by atoms with Gasteiger partial charge in [0.15, 0.2) is 0 Å². The fraction of sp³-hybridized carbons (Fsp3) is 0.0833. The average molecular weight is 246 g/mol. The Hall–Kier alpha value is -2.50. The second kappa shape index (κ2) is 5.22. The van der Waals surface area contributed by atoms with Crippen LogP contribution in [-0.2, 0) is 0 Å². The van der Waals surface area contributed by atoms with Crippen molar-refractivity contribution in [2.24, 2.45) is 0 Å². The molecule has 1 amide bonds. The summed E-state index contributed by atoms with van der Waals surface area (Å²) in [6, 6.07) is 5.64. The largest absolute Gasteiger partial charge is 0.372 e. The van der Waals surface area contributed by atoms with Crippen LogP contribution in [0.3, 0.4) is 0 Å². The van der Waals surface area contributed by atoms with E-state index in [0.717, 1.165) is 0 Å². The molecule has 0 saturated carbocycles. The van der Waals surface area contributed by atoms with Gasteiger partial charge in [-0.2, -0.15) is 0 Å². The molecule has 6 heteroatoms. The molecular formula is C12H11FN4O. The van der Waals surface area contributed by atoms with Crippen molar-refractivity contribution in [3.05, 3.63) is 48.2 Å². The van der Waals surface area contributed by atoms with Crippen molar-refractivity contribution in [3.63, 3.8) is 0 Å². The van der Waals surface area contributed by atoms with E-state index in [9.17, 15) is 9.18 Å². The predicted molar refractivity (Wildman–Crippen MR) is 65.9 cm³/mol. The van der Waals surface area contributed by atoms with Crippen molar-refractivity contribution < 1.29 is 9.18 Å². The molecule has 0 bridgehead atoms. The Morgan fingerprint density at radius 1 is 1.33 bits per heavy atom. The van der Waals surface area contributed by atoms with Gasteiger partial charge in [0.25, 0.3) is 5.91 Å². The summed E-state index contributed by atoms with van der Waals surface area (Å²) in [4.78, 5) is 19.7. The second-order valence-corrected chi connectivity index (χ2v) is 3.50. The Labute approximate surface area is 103 Å². The van der Waals surface area contributed by atoms with E-state index in [4.69, 9.17) is 0 Å². The van der Waals surface area contributed by atoms with Crippen molar-refractivity contribution in [2.75, 3.05) is 17.7 Å². The highest BCUT2D eigenvalue weighted by Gasteiger charge is 2.09. The highest BCUT2D eigenvalue weighted by atomic mass is 19.1. The first-order valence-corrected chi connectivity index (χ1v) is 5.26. The standard InChI is InChI=1S/C12H11FN4O/c1-14-11-7-15-6-10(17-11)12(18)16-9-4-2-3-8(13)5-9/h2-7H,1H3,(H,14,17)(H,16,18). The van der Waals surface area contributed by atoms with E-state index in [1.165, 1.54) is 30.6 Å². The molecular weight excluding hydrogens is 235 g/mol. The minimum atomic E-state index is -0.440. The first-order chi connectivity index (χ1) is 8.69. The van der Waals surface area contributed by atoms with Crippen molar-refractivity contribution in [2.45, 2.75) is 0 Å². The van der Waals surface area contributed by atoms with Gasteiger partial charge in [-0.1, -0.05) is 6.07 Å². The molecule has 1 aromatic heterocycles. The zero-order valence-electron chi connectivity index (χ0n) is 9.64. The lowest BCUT2D eigenvalue weighted by molar-refractivity contribution is 0.102. The fourth-order valence-corrected chi connectivity index (χ4v) is 1.36. The van der Waals surface area contributed by atoms with Crippen LogP contribution in [0.4, 0.5) is 15.9 Å². The number of nitrogens with one attached hydrogen (secondary N) is 2. The van der Waals surface area contributed by atoms with Crippen LogP contribution in [0.15, 0.2) is 36.7 Å². The molecule has 2 aromatic rings. The van der Waals surface area contributed by atoms with Gasteiger partial charge in [-0.05, 0) is 18.2 Å². The predicted octanol–water partition coefficient (Wildman–Crippen LogP) is 1.91. The van der Waals surface area contributed by atoms with Crippen molar-refractivity contribution in [3.8, 4) is 0 Å². The van der Waals surface area contributed by atoms with Crippen LogP contribution in [0.5, 0.6) is 0 Å². The molecule has 0 aliphatic carbocycles. The fourth-order valence-electron chi connectivity index (χ4n) is 1.36. The van der Waals surface area contributed by atoms with Crippen LogP contribution in [-0.4, -0.2) is 22.9 Å². The molecule has 1 heterocycles. The highest BCUT2D eigenvalue weighted by Crippen LogP contribution is 2.10. The van der Waals surface area contributed by atoms with Gasteiger partial charge >= 0.3 is 0 Å². The Bertz CT molecular complexity index is 574. The smallest absolute Gasteiger partial charge is 0.275 e. The lowest BCUT2D eigenvalue weighted by atomic mass is 10.3. The lowest BCUT2D eigenvalue weighted by Crippen LogP contribution is -2.14. The Kier molecular flexibility index (Phi) is 3.47. The number of nitrogens with zero attached hydrogens (tertiary/aromatic N) is 2. The molecule has 0 unspecified atom stereocenters. The average Bonchev–Trinajstić information content (AvgIpc) is 2.39. The van der Waals surface area contributed by atoms with E-state index in [-0.39, 0.29) is 5.69 Å². The number of aromatic nitrogens is 2. The summed E-state index contributed by atoms with van der Waals surface area (Å²) in [6.07, 6.45) is 2.84. The third-order valence-corrected chi connectivity index (χ3v) is 2.21. The Morgan fingerprint density at radius 3 is 2.89 bits per heavy atom. The Morgan fingerprint density at radius 2 is 2.17 bits per heavy atom. The molecule has 0 aliphatic rings. The van der Waals surface area contributed by atoms with Crippen molar-refractivity contribution >= 4 is 17.4 Å². The normalized spacial score (nSPS) is 9.89. The third-order valence-electron chi connectivity index (χ3n) is 2.21. The van der Waals surface area contributed by atoms with Crippen LogP contribution in [0.25, 0.3) is 0 Å². The molecule has 18 heavy (non-hydrogen) atoms. The summed E-state index contributed by atoms with van der Waals surface area (Å²) < 4.78 is 12.9. The van der Waals surface area contributed by atoms with Crippen LogP contribution < -0.4 is 10.6 Å². The number of rotatable bonds is 3. The van der Waals surface area contributed by atoms with E-state index in [0.29, 0.717) is 11.5 Å². The number of anilines is 2. The molecule has 2 N–H and O–H groups in total. The molecule has 5 nitrogen and oxygen atoms in total. The Balaban J connectivity index is 2.16. The summed E-state index contributed by atoms with van der Waals surface area (Å²) in [5.74, 6) is -0.366. The van der Waals surface area contributed by atoms with Gasteiger partial charge in [0.05, 0.1) is 12.4 Å². The lowest BCUT2D eigenvalue weighted by Gasteiger charge is -2.05. The number of amides is 1. The zero-order chi connectivity index (χ0) is 13.0. The van der Waals surface area contributed by atoms with Crippen LogP contribution in [0.1, 0.15) is 10.5 Å². The van der Waals surface area contributed by atoms with Gasteiger partial charge in [-0.25, -0.2) is 9.37 Å². The maximum absolute atomic E-state index is 12.9. The first kappa shape index (κ1) is 12.0. The monoisotopic (exact) mass is 246 g/mol. The van der Waals surface area contributed by atoms with Gasteiger partial charge in [0, 0.05) is 12.7 Å². The molecule has 1 aromatic carbocycles. The summed E-state index contributed by atoms with van der Waals surface area (Å²) in [5.41, 5.74) is 0.530. The zero-order valence-corrected chi connectivity index (χ0v) is 9.64. The molecule has 2 rings (SSSR count). The summed E-state index contributed by atoms with van der Waals surface area (Å²) in [7, 11) is 1.68. The van der Waals surface area contributed by atoms with Crippen LogP contribution >= 0.6 is 0 Å².